The Morgan fingerprint density at radius 2 is 1.91 bits per heavy atom. The summed E-state index contributed by atoms with van der Waals surface area (Å²) in [7, 11) is 1.41. The summed E-state index contributed by atoms with van der Waals surface area (Å²) in [6.45, 7) is 0. The summed E-state index contributed by atoms with van der Waals surface area (Å²) in [4.78, 5) is 0. The molecule has 0 unspecified atom stereocenters. The highest BCUT2D eigenvalue weighted by Crippen LogP contribution is 2.35. The summed E-state index contributed by atoms with van der Waals surface area (Å²) in [5, 5.41) is 0. The van der Waals surface area contributed by atoms with Crippen molar-refractivity contribution in [2.75, 3.05) is 0 Å². The second kappa shape index (κ2) is 3.12. The van der Waals surface area contributed by atoms with Crippen LogP contribution in [0.1, 0.15) is 18.4 Å². The maximum absolute atomic E-state index is 2.22. The van der Waals surface area contributed by atoms with Gasteiger partial charge in [0.1, 0.15) is 7.28 Å². The molecule has 0 bridgehead atoms. The highest BCUT2D eigenvalue weighted by atomic mass is 14.2. The standard InChI is InChI=1S/C10H13B/c1-2-4-9(5-3-1)8-11-10-6-7-10/h1-5,10-11H,6-8H2. The minimum Gasteiger partial charge on any atom is -0.0654 e. The molecule has 0 saturated heterocycles. The largest absolute Gasteiger partial charge is 0.129 e. The summed E-state index contributed by atoms with van der Waals surface area (Å²) < 4.78 is 0. The second-order valence-corrected chi connectivity index (χ2v) is 3.47. The molecule has 11 heavy (non-hydrogen) atoms. The van der Waals surface area contributed by atoms with Crippen molar-refractivity contribution in [2.24, 2.45) is 0 Å². The fourth-order valence-corrected chi connectivity index (χ4v) is 1.42. The highest BCUT2D eigenvalue weighted by molar-refractivity contribution is 6.38. The fraction of sp³-hybridized carbons (Fsp3) is 0.400. The van der Waals surface area contributed by atoms with E-state index in [0.717, 1.165) is 5.82 Å². The molecule has 0 N–H and O–H groups in total. The first-order valence-corrected chi connectivity index (χ1v) is 4.49. The van der Waals surface area contributed by atoms with Gasteiger partial charge in [-0.15, -0.1) is 0 Å². The monoisotopic (exact) mass is 144 g/mol. The van der Waals surface area contributed by atoms with E-state index >= 15 is 0 Å². The maximum atomic E-state index is 2.22. The smallest absolute Gasteiger partial charge is 0.0654 e. The molecular weight excluding hydrogens is 131 g/mol. The van der Waals surface area contributed by atoms with E-state index in [-0.39, 0.29) is 0 Å². The molecular formula is C10H13B. The number of rotatable bonds is 3. The van der Waals surface area contributed by atoms with Gasteiger partial charge < -0.3 is 0 Å². The minimum atomic E-state index is 1.07. The number of benzene rings is 1. The van der Waals surface area contributed by atoms with Crippen molar-refractivity contribution in [3.8, 4) is 0 Å². The van der Waals surface area contributed by atoms with Gasteiger partial charge in [-0.25, -0.2) is 0 Å². The van der Waals surface area contributed by atoms with Crippen LogP contribution in [0.25, 0.3) is 0 Å². The van der Waals surface area contributed by atoms with Crippen LogP contribution in [0.4, 0.5) is 0 Å². The zero-order valence-corrected chi connectivity index (χ0v) is 6.79. The molecule has 0 nitrogen and oxygen atoms in total. The van der Waals surface area contributed by atoms with Gasteiger partial charge in [-0.2, -0.15) is 0 Å². The molecule has 56 valence electrons. The highest BCUT2D eigenvalue weighted by Gasteiger charge is 2.21. The van der Waals surface area contributed by atoms with Crippen LogP contribution < -0.4 is 0 Å². The molecule has 2 rings (SSSR count). The average molecular weight is 144 g/mol. The molecule has 1 heteroatoms. The maximum Gasteiger partial charge on any atom is 0.129 e. The van der Waals surface area contributed by atoms with Crippen molar-refractivity contribution in [3.63, 3.8) is 0 Å². The Morgan fingerprint density at radius 1 is 1.18 bits per heavy atom. The number of hydrogen-bond acceptors (Lipinski definition) is 0. The van der Waals surface area contributed by atoms with E-state index in [9.17, 15) is 0 Å². The molecule has 0 radical (unpaired) electrons. The zero-order chi connectivity index (χ0) is 7.52. The lowest BCUT2D eigenvalue weighted by Crippen LogP contribution is -1.94. The number of hydrogen-bond donors (Lipinski definition) is 0. The van der Waals surface area contributed by atoms with Crippen molar-refractivity contribution < 1.29 is 0 Å². The van der Waals surface area contributed by atoms with E-state index in [4.69, 9.17) is 0 Å². The van der Waals surface area contributed by atoms with E-state index in [0.29, 0.717) is 0 Å². The molecule has 0 aromatic heterocycles. The van der Waals surface area contributed by atoms with Crippen molar-refractivity contribution >= 4 is 7.28 Å². The van der Waals surface area contributed by atoms with Crippen LogP contribution in [0.15, 0.2) is 30.3 Å². The van der Waals surface area contributed by atoms with Crippen molar-refractivity contribution in [2.45, 2.75) is 25.0 Å². The second-order valence-electron chi connectivity index (χ2n) is 3.47. The van der Waals surface area contributed by atoms with Crippen LogP contribution in [-0.4, -0.2) is 7.28 Å². The summed E-state index contributed by atoms with van der Waals surface area (Å²) in [5.41, 5.74) is 1.50. The van der Waals surface area contributed by atoms with E-state index in [2.05, 4.69) is 30.3 Å². The van der Waals surface area contributed by atoms with Crippen LogP contribution in [0.2, 0.25) is 5.82 Å². The predicted octanol–water partition coefficient (Wildman–Crippen LogP) is 2.21. The third-order valence-corrected chi connectivity index (χ3v) is 2.38. The van der Waals surface area contributed by atoms with Crippen LogP contribution in [-0.2, 0) is 6.32 Å². The third-order valence-electron chi connectivity index (χ3n) is 2.38. The Balaban J connectivity index is 1.85. The Hall–Kier alpha value is -0.715. The van der Waals surface area contributed by atoms with Gasteiger partial charge in [0.25, 0.3) is 0 Å². The predicted molar refractivity (Wildman–Crippen MR) is 50.3 cm³/mol. The zero-order valence-electron chi connectivity index (χ0n) is 6.79. The van der Waals surface area contributed by atoms with Gasteiger partial charge in [0, 0.05) is 0 Å². The molecule has 1 aromatic rings. The van der Waals surface area contributed by atoms with Crippen LogP contribution in [0.3, 0.4) is 0 Å². The van der Waals surface area contributed by atoms with Gasteiger partial charge in [0.2, 0.25) is 0 Å². The van der Waals surface area contributed by atoms with Gasteiger partial charge in [-0.1, -0.05) is 60.9 Å². The van der Waals surface area contributed by atoms with Crippen LogP contribution in [0.5, 0.6) is 0 Å². The molecule has 0 heterocycles. The Bertz CT molecular complexity index is 214. The van der Waals surface area contributed by atoms with Crippen LogP contribution >= 0.6 is 0 Å². The van der Waals surface area contributed by atoms with Crippen molar-refractivity contribution in [3.05, 3.63) is 35.9 Å². The van der Waals surface area contributed by atoms with Gasteiger partial charge in [0.15, 0.2) is 0 Å². The molecule has 1 saturated carbocycles. The SMILES string of the molecule is B(Cc1ccccc1)C1CC1. The normalized spacial score (nSPS) is 16.4. The Labute approximate surface area is 68.9 Å². The lowest BCUT2D eigenvalue weighted by Gasteiger charge is -1.96. The molecule has 1 aromatic carbocycles. The first-order valence-electron chi connectivity index (χ1n) is 4.49. The van der Waals surface area contributed by atoms with Gasteiger partial charge in [0.05, 0.1) is 0 Å². The summed E-state index contributed by atoms with van der Waals surface area (Å²) in [6.07, 6.45) is 4.24. The molecule has 0 atom stereocenters. The summed E-state index contributed by atoms with van der Waals surface area (Å²) in [5.74, 6) is 1.07. The fourth-order valence-electron chi connectivity index (χ4n) is 1.42. The Kier molecular flexibility index (Phi) is 1.98. The quantitative estimate of drug-likeness (QED) is 0.570. The van der Waals surface area contributed by atoms with Crippen molar-refractivity contribution in [1.82, 2.24) is 0 Å². The van der Waals surface area contributed by atoms with Crippen molar-refractivity contribution in [1.29, 1.82) is 0 Å². The summed E-state index contributed by atoms with van der Waals surface area (Å²) in [6, 6.07) is 10.8. The molecule has 1 aliphatic rings. The molecule has 0 amide bonds. The Morgan fingerprint density at radius 3 is 2.55 bits per heavy atom. The molecule has 1 fully saturated rings. The lowest BCUT2D eigenvalue weighted by molar-refractivity contribution is 1.31. The lowest BCUT2D eigenvalue weighted by atomic mass is 9.67. The summed E-state index contributed by atoms with van der Waals surface area (Å²) >= 11 is 0. The van der Waals surface area contributed by atoms with E-state index in [1.807, 2.05) is 0 Å². The van der Waals surface area contributed by atoms with Crippen LogP contribution in [0, 0.1) is 0 Å². The molecule has 0 aliphatic heterocycles. The van der Waals surface area contributed by atoms with E-state index in [1.165, 1.54) is 32.0 Å². The topological polar surface area (TPSA) is 0 Å². The first kappa shape index (κ1) is 6.96. The average Bonchev–Trinajstić information content (AvgIpc) is 2.86. The minimum absolute atomic E-state index is 1.07. The molecule has 0 spiro atoms. The molecule has 1 aliphatic carbocycles. The van der Waals surface area contributed by atoms with Gasteiger partial charge >= 0.3 is 0 Å². The third kappa shape index (κ3) is 2.11. The van der Waals surface area contributed by atoms with E-state index < -0.39 is 0 Å². The first-order chi connectivity index (χ1) is 5.45. The van der Waals surface area contributed by atoms with Gasteiger partial charge in [-0.3, -0.25) is 0 Å². The van der Waals surface area contributed by atoms with E-state index in [1.54, 1.807) is 0 Å². The van der Waals surface area contributed by atoms with Gasteiger partial charge in [-0.05, 0) is 0 Å².